The summed E-state index contributed by atoms with van der Waals surface area (Å²) in [6.07, 6.45) is 1.54. The quantitative estimate of drug-likeness (QED) is 0.469. The lowest BCUT2D eigenvalue weighted by molar-refractivity contribution is -0.138. The Hall–Kier alpha value is -1.97. The molecule has 0 bridgehead atoms. The third kappa shape index (κ3) is 4.25. The monoisotopic (exact) mass is 322 g/mol. The van der Waals surface area contributed by atoms with E-state index in [-0.39, 0.29) is 5.76 Å². The molecule has 108 valence electrons. The van der Waals surface area contributed by atoms with Crippen molar-refractivity contribution in [1.82, 2.24) is 0 Å². The second kappa shape index (κ2) is 7.16. The van der Waals surface area contributed by atoms with Crippen LogP contribution in [0.25, 0.3) is 6.08 Å². The van der Waals surface area contributed by atoms with Crippen molar-refractivity contribution in [3.05, 3.63) is 69.9 Å². The van der Waals surface area contributed by atoms with Crippen LogP contribution < -0.4 is 4.74 Å². The van der Waals surface area contributed by atoms with Gasteiger partial charge in [0.1, 0.15) is 5.75 Å². The first-order valence-corrected chi connectivity index (χ1v) is 6.83. The Morgan fingerprint density at radius 2 is 1.76 bits per heavy atom. The molecule has 0 atom stereocenters. The zero-order chi connectivity index (χ0) is 15.2. The fraction of sp³-hybridized carbons (Fsp3) is 0.0625. The second-order valence-corrected chi connectivity index (χ2v) is 4.90. The van der Waals surface area contributed by atoms with Crippen LogP contribution in [0.5, 0.6) is 5.75 Å². The van der Waals surface area contributed by atoms with Gasteiger partial charge in [0, 0.05) is 0 Å². The smallest absolute Gasteiger partial charge is 0.373 e. The van der Waals surface area contributed by atoms with Gasteiger partial charge in [0.15, 0.2) is 0 Å². The van der Waals surface area contributed by atoms with E-state index in [2.05, 4.69) is 0 Å². The SMILES string of the molecule is COC(=O)/C(=C/c1ccc(Cl)c(Cl)c1)Oc1ccccc1. The molecule has 0 aromatic heterocycles. The van der Waals surface area contributed by atoms with Gasteiger partial charge >= 0.3 is 5.97 Å². The second-order valence-electron chi connectivity index (χ2n) is 4.09. The van der Waals surface area contributed by atoms with Crippen LogP contribution in [0.3, 0.4) is 0 Å². The summed E-state index contributed by atoms with van der Waals surface area (Å²) in [5.74, 6) is 0.0150. The minimum Gasteiger partial charge on any atom is -0.463 e. The van der Waals surface area contributed by atoms with Crippen molar-refractivity contribution in [2.24, 2.45) is 0 Å². The molecule has 2 aromatic carbocycles. The fourth-order valence-corrected chi connectivity index (χ4v) is 1.91. The van der Waals surface area contributed by atoms with E-state index in [1.165, 1.54) is 7.11 Å². The Morgan fingerprint density at radius 1 is 1.05 bits per heavy atom. The number of halogens is 2. The maximum absolute atomic E-state index is 11.8. The van der Waals surface area contributed by atoms with Gasteiger partial charge < -0.3 is 9.47 Å². The molecule has 2 rings (SSSR count). The minimum atomic E-state index is -0.579. The Kier molecular flexibility index (Phi) is 5.26. The van der Waals surface area contributed by atoms with Crippen LogP contribution in [0, 0.1) is 0 Å². The van der Waals surface area contributed by atoms with Gasteiger partial charge in [0.05, 0.1) is 17.2 Å². The first-order valence-electron chi connectivity index (χ1n) is 6.08. The van der Waals surface area contributed by atoms with Crippen LogP contribution in [0.2, 0.25) is 10.0 Å². The van der Waals surface area contributed by atoms with Gasteiger partial charge in [0.2, 0.25) is 5.76 Å². The molecule has 0 saturated carbocycles. The van der Waals surface area contributed by atoms with E-state index in [0.717, 1.165) is 0 Å². The third-order valence-corrected chi connectivity index (χ3v) is 3.34. The first kappa shape index (κ1) is 15.4. The minimum absolute atomic E-state index is 0.0575. The molecule has 0 unspecified atom stereocenters. The van der Waals surface area contributed by atoms with Crippen LogP contribution in [-0.4, -0.2) is 13.1 Å². The predicted octanol–water partition coefficient (Wildman–Crippen LogP) is 4.59. The van der Waals surface area contributed by atoms with Gasteiger partial charge in [-0.3, -0.25) is 0 Å². The number of carbonyl (C=O) groups is 1. The van der Waals surface area contributed by atoms with E-state index in [4.69, 9.17) is 32.7 Å². The summed E-state index contributed by atoms with van der Waals surface area (Å²) in [4.78, 5) is 11.8. The van der Waals surface area contributed by atoms with Crippen LogP contribution >= 0.6 is 23.2 Å². The number of ether oxygens (including phenoxy) is 2. The van der Waals surface area contributed by atoms with Crippen molar-refractivity contribution < 1.29 is 14.3 Å². The van der Waals surface area contributed by atoms with E-state index in [1.54, 1.807) is 36.4 Å². The fourth-order valence-electron chi connectivity index (χ4n) is 1.60. The Labute approximate surface area is 132 Å². The Morgan fingerprint density at radius 3 is 2.38 bits per heavy atom. The van der Waals surface area contributed by atoms with Crippen molar-refractivity contribution >= 4 is 35.2 Å². The van der Waals surface area contributed by atoms with Crippen molar-refractivity contribution in [2.75, 3.05) is 7.11 Å². The molecule has 0 spiro atoms. The van der Waals surface area contributed by atoms with E-state index >= 15 is 0 Å². The van der Waals surface area contributed by atoms with Gasteiger partial charge in [-0.15, -0.1) is 0 Å². The molecule has 3 nitrogen and oxygen atoms in total. The molecule has 0 aliphatic carbocycles. The summed E-state index contributed by atoms with van der Waals surface area (Å²) in [5, 5.41) is 0.840. The first-order chi connectivity index (χ1) is 10.1. The zero-order valence-electron chi connectivity index (χ0n) is 11.2. The number of esters is 1. The summed E-state index contributed by atoms with van der Waals surface area (Å²) in [6, 6.07) is 14.0. The maximum atomic E-state index is 11.8. The molecule has 0 heterocycles. The van der Waals surface area contributed by atoms with Crippen molar-refractivity contribution in [2.45, 2.75) is 0 Å². The highest BCUT2D eigenvalue weighted by Crippen LogP contribution is 2.24. The van der Waals surface area contributed by atoms with Gasteiger partial charge in [-0.25, -0.2) is 4.79 Å². The number of para-hydroxylation sites is 1. The van der Waals surface area contributed by atoms with Gasteiger partial charge in [-0.1, -0.05) is 47.5 Å². The molecule has 0 aliphatic heterocycles. The molecule has 0 fully saturated rings. The highest BCUT2D eigenvalue weighted by atomic mass is 35.5. The predicted molar refractivity (Wildman–Crippen MR) is 83.5 cm³/mol. The third-order valence-electron chi connectivity index (χ3n) is 2.60. The summed E-state index contributed by atoms with van der Waals surface area (Å²) in [6.45, 7) is 0. The number of carbonyl (C=O) groups excluding carboxylic acids is 1. The lowest BCUT2D eigenvalue weighted by atomic mass is 10.2. The summed E-state index contributed by atoms with van der Waals surface area (Å²) < 4.78 is 10.3. The number of benzene rings is 2. The molecule has 2 aromatic rings. The van der Waals surface area contributed by atoms with Crippen molar-refractivity contribution in [3.63, 3.8) is 0 Å². The molecule has 0 N–H and O–H groups in total. The van der Waals surface area contributed by atoms with Gasteiger partial charge in [-0.2, -0.15) is 0 Å². The van der Waals surface area contributed by atoms with E-state index in [0.29, 0.717) is 21.4 Å². The van der Waals surface area contributed by atoms with Crippen LogP contribution in [0.15, 0.2) is 54.3 Å². The van der Waals surface area contributed by atoms with Crippen molar-refractivity contribution in [1.29, 1.82) is 0 Å². The molecule has 0 radical (unpaired) electrons. The van der Waals surface area contributed by atoms with E-state index < -0.39 is 5.97 Å². The number of hydrogen-bond donors (Lipinski definition) is 0. The van der Waals surface area contributed by atoms with Crippen LogP contribution in [0.1, 0.15) is 5.56 Å². The van der Waals surface area contributed by atoms with Crippen molar-refractivity contribution in [3.8, 4) is 5.75 Å². The molecular formula is C16H12Cl2O3. The Balaban J connectivity index is 2.33. The van der Waals surface area contributed by atoms with E-state index in [9.17, 15) is 4.79 Å². The van der Waals surface area contributed by atoms with Crippen LogP contribution in [0.4, 0.5) is 0 Å². The molecule has 0 saturated heterocycles. The highest BCUT2D eigenvalue weighted by molar-refractivity contribution is 6.42. The number of methoxy groups -OCH3 is 1. The Bertz CT molecular complexity index is 666. The molecule has 0 aliphatic rings. The lowest BCUT2D eigenvalue weighted by Gasteiger charge is -2.08. The standard InChI is InChI=1S/C16H12Cl2O3/c1-20-16(19)15(21-12-5-3-2-4-6-12)10-11-7-8-13(17)14(18)9-11/h2-10H,1H3/b15-10-. The topological polar surface area (TPSA) is 35.5 Å². The summed E-state index contributed by atoms with van der Waals surface area (Å²) in [7, 11) is 1.29. The number of rotatable bonds is 4. The largest absolute Gasteiger partial charge is 0.463 e. The summed E-state index contributed by atoms with van der Waals surface area (Å²) in [5.41, 5.74) is 0.681. The maximum Gasteiger partial charge on any atom is 0.373 e. The zero-order valence-corrected chi connectivity index (χ0v) is 12.7. The number of hydrogen-bond acceptors (Lipinski definition) is 3. The average Bonchev–Trinajstić information content (AvgIpc) is 2.50. The lowest BCUT2D eigenvalue weighted by Crippen LogP contribution is -2.10. The molecular weight excluding hydrogens is 311 g/mol. The van der Waals surface area contributed by atoms with E-state index in [1.807, 2.05) is 18.2 Å². The van der Waals surface area contributed by atoms with Gasteiger partial charge in [0.25, 0.3) is 0 Å². The molecule has 5 heteroatoms. The molecule has 21 heavy (non-hydrogen) atoms. The van der Waals surface area contributed by atoms with Gasteiger partial charge in [-0.05, 0) is 35.9 Å². The normalized spacial score (nSPS) is 11.1. The average molecular weight is 323 g/mol. The highest BCUT2D eigenvalue weighted by Gasteiger charge is 2.13. The summed E-state index contributed by atoms with van der Waals surface area (Å²) >= 11 is 11.8. The molecule has 0 amide bonds. The van der Waals surface area contributed by atoms with Crippen LogP contribution in [-0.2, 0) is 9.53 Å².